The van der Waals surface area contributed by atoms with Crippen LogP contribution in [0.2, 0.25) is 5.02 Å². The van der Waals surface area contributed by atoms with Gasteiger partial charge in [0.2, 0.25) is 0 Å². The van der Waals surface area contributed by atoms with E-state index in [0.717, 1.165) is 0 Å². The third kappa shape index (κ3) is 5.46. The van der Waals surface area contributed by atoms with Gasteiger partial charge in [0.1, 0.15) is 5.60 Å². The monoisotopic (exact) mass is 306 g/mol. The molecule has 0 saturated heterocycles. The van der Waals surface area contributed by atoms with E-state index in [1.54, 1.807) is 26.8 Å². The highest BCUT2D eigenvalue weighted by atomic mass is 35.5. The lowest BCUT2D eigenvalue weighted by atomic mass is 10.2. The maximum absolute atomic E-state index is 11.8. The molecule has 1 aromatic carbocycles. The van der Waals surface area contributed by atoms with Crippen LogP contribution in [0.3, 0.4) is 0 Å². The van der Waals surface area contributed by atoms with Crippen molar-refractivity contribution in [2.75, 3.05) is 0 Å². The van der Waals surface area contributed by atoms with Gasteiger partial charge in [-0.25, -0.2) is 18.6 Å². The molecule has 2 N–H and O–H groups in total. The summed E-state index contributed by atoms with van der Waals surface area (Å²) in [6, 6.07) is 5.65. The van der Waals surface area contributed by atoms with Crippen molar-refractivity contribution in [2.45, 2.75) is 31.3 Å². The van der Waals surface area contributed by atoms with Crippen LogP contribution < -0.4 is 10.3 Å². The van der Waals surface area contributed by atoms with Gasteiger partial charge < -0.3 is 4.74 Å². The molecular formula is C11H15ClN2O4S. The number of hydrogen-bond acceptors (Lipinski definition) is 4. The van der Waals surface area contributed by atoms with E-state index in [9.17, 15) is 13.2 Å². The zero-order valence-electron chi connectivity index (χ0n) is 10.7. The first-order valence-electron chi connectivity index (χ1n) is 5.36. The summed E-state index contributed by atoms with van der Waals surface area (Å²) in [7, 11) is -3.88. The molecule has 0 fully saturated rings. The Labute approximate surface area is 117 Å². The normalized spacial score (nSPS) is 12.0. The molecule has 106 valence electrons. The van der Waals surface area contributed by atoms with E-state index < -0.39 is 21.7 Å². The lowest BCUT2D eigenvalue weighted by Crippen LogP contribution is -2.44. The third-order valence-electron chi connectivity index (χ3n) is 1.79. The second-order valence-electron chi connectivity index (χ2n) is 4.69. The maximum atomic E-state index is 11.8. The molecule has 0 aliphatic heterocycles. The Bertz CT molecular complexity index is 566. The molecule has 6 nitrogen and oxygen atoms in total. The van der Waals surface area contributed by atoms with Crippen LogP contribution in [0, 0.1) is 0 Å². The van der Waals surface area contributed by atoms with Crippen molar-refractivity contribution in [3.05, 3.63) is 29.3 Å². The molecule has 8 heteroatoms. The Morgan fingerprint density at radius 2 is 1.95 bits per heavy atom. The van der Waals surface area contributed by atoms with E-state index in [4.69, 9.17) is 16.3 Å². The van der Waals surface area contributed by atoms with E-state index in [1.807, 2.05) is 10.3 Å². The second kappa shape index (κ2) is 5.77. The second-order valence-corrected chi connectivity index (χ2v) is 6.81. The summed E-state index contributed by atoms with van der Waals surface area (Å²) in [5, 5.41) is 0.278. The molecule has 1 aromatic rings. The fourth-order valence-electron chi connectivity index (χ4n) is 1.11. The molecule has 1 rings (SSSR count). The fourth-order valence-corrected chi connectivity index (χ4v) is 2.24. The summed E-state index contributed by atoms with van der Waals surface area (Å²) >= 11 is 5.70. The van der Waals surface area contributed by atoms with E-state index in [1.165, 1.54) is 18.2 Å². The Balaban J connectivity index is 2.69. The van der Waals surface area contributed by atoms with Gasteiger partial charge in [0.25, 0.3) is 10.0 Å². The molecule has 0 heterocycles. The average Bonchev–Trinajstić information content (AvgIpc) is 2.24. The summed E-state index contributed by atoms with van der Waals surface area (Å²) in [5.74, 6) is 0. The highest BCUT2D eigenvalue weighted by Crippen LogP contribution is 2.14. The number of sulfonamides is 1. The van der Waals surface area contributed by atoms with Crippen molar-refractivity contribution < 1.29 is 17.9 Å². The number of hydrogen-bond donors (Lipinski definition) is 2. The Morgan fingerprint density at radius 3 is 2.47 bits per heavy atom. The number of rotatable bonds is 3. The number of hydrazine groups is 1. The molecule has 0 aliphatic rings. The molecule has 0 radical (unpaired) electrons. The lowest BCUT2D eigenvalue weighted by molar-refractivity contribution is 0.0515. The number of nitrogens with one attached hydrogen (secondary N) is 2. The topological polar surface area (TPSA) is 84.5 Å². The number of carbonyl (C=O) groups excluding carboxylic acids is 1. The maximum Gasteiger partial charge on any atom is 0.423 e. The minimum Gasteiger partial charge on any atom is -0.443 e. The van der Waals surface area contributed by atoms with Gasteiger partial charge in [0.05, 0.1) is 4.90 Å². The number of ether oxygens (including phenoxy) is 1. The Morgan fingerprint density at radius 1 is 1.32 bits per heavy atom. The summed E-state index contributed by atoms with van der Waals surface area (Å²) in [6.07, 6.45) is -0.891. The molecule has 0 spiro atoms. The van der Waals surface area contributed by atoms with Gasteiger partial charge in [-0.1, -0.05) is 17.7 Å². The molecule has 0 aromatic heterocycles. The Kier molecular flexibility index (Phi) is 4.78. The first-order valence-corrected chi connectivity index (χ1v) is 7.23. The van der Waals surface area contributed by atoms with Gasteiger partial charge >= 0.3 is 6.09 Å². The first-order chi connectivity index (χ1) is 8.60. The van der Waals surface area contributed by atoms with E-state index in [-0.39, 0.29) is 9.92 Å². The summed E-state index contributed by atoms with van der Waals surface area (Å²) in [4.78, 5) is 13.2. The minimum atomic E-state index is -3.88. The zero-order valence-corrected chi connectivity index (χ0v) is 12.3. The Hall–Kier alpha value is -1.31. The number of carbonyl (C=O) groups is 1. The zero-order chi connectivity index (χ0) is 14.7. The van der Waals surface area contributed by atoms with Gasteiger partial charge in [0.15, 0.2) is 0 Å². The van der Waals surface area contributed by atoms with Crippen molar-refractivity contribution >= 4 is 27.7 Å². The summed E-state index contributed by atoms with van der Waals surface area (Å²) in [6.45, 7) is 4.99. The van der Waals surface area contributed by atoms with E-state index >= 15 is 0 Å². The summed E-state index contributed by atoms with van der Waals surface area (Å²) in [5.41, 5.74) is 1.24. The molecule has 0 unspecified atom stereocenters. The summed E-state index contributed by atoms with van der Waals surface area (Å²) < 4.78 is 28.5. The van der Waals surface area contributed by atoms with Crippen LogP contribution in [-0.2, 0) is 14.8 Å². The van der Waals surface area contributed by atoms with Crippen LogP contribution in [-0.4, -0.2) is 20.1 Å². The van der Waals surface area contributed by atoms with Crippen molar-refractivity contribution in [1.82, 2.24) is 10.3 Å². The SMILES string of the molecule is CC(C)(C)OC(=O)NNS(=O)(=O)c1cccc(Cl)c1. The van der Waals surface area contributed by atoms with Crippen LogP contribution in [0.15, 0.2) is 29.2 Å². The standard InChI is InChI=1S/C11H15ClN2O4S/c1-11(2,3)18-10(15)13-14-19(16,17)9-6-4-5-8(12)7-9/h4-7,14H,1-3H3,(H,13,15). The smallest absolute Gasteiger partial charge is 0.423 e. The van der Waals surface area contributed by atoms with Crippen LogP contribution in [0.4, 0.5) is 4.79 Å². The predicted molar refractivity (Wildman–Crippen MR) is 71.1 cm³/mol. The van der Waals surface area contributed by atoms with Gasteiger partial charge in [-0.3, -0.25) is 0 Å². The number of halogens is 1. The van der Waals surface area contributed by atoms with Crippen molar-refractivity contribution in [3.63, 3.8) is 0 Å². The molecule has 1 amide bonds. The van der Waals surface area contributed by atoms with Crippen molar-refractivity contribution in [3.8, 4) is 0 Å². The minimum absolute atomic E-state index is 0.0592. The van der Waals surface area contributed by atoms with E-state index in [2.05, 4.69) is 0 Å². The quantitative estimate of drug-likeness (QED) is 0.837. The molecule has 0 bridgehead atoms. The molecular weight excluding hydrogens is 292 g/mol. The van der Waals surface area contributed by atoms with Crippen LogP contribution >= 0.6 is 11.6 Å². The van der Waals surface area contributed by atoms with Crippen molar-refractivity contribution in [2.24, 2.45) is 0 Å². The third-order valence-corrected chi connectivity index (χ3v) is 3.27. The van der Waals surface area contributed by atoms with Gasteiger partial charge in [-0.2, -0.15) is 0 Å². The molecule has 0 saturated carbocycles. The van der Waals surface area contributed by atoms with Crippen LogP contribution in [0.1, 0.15) is 20.8 Å². The number of amides is 1. The largest absolute Gasteiger partial charge is 0.443 e. The average molecular weight is 307 g/mol. The van der Waals surface area contributed by atoms with Crippen molar-refractivity contribution in [1.29, 1.82) is 0 Å². The molecule has 19 heavy (non-hydrogen) atoms. The van der Waals surface area contributed by atoms with Gasteiger partial charge in [0, 0.05) is 5.02 Å². The van der Waals surface area contributed by atoms with Gasteiger partial charge in [-0.15, -0.1) is 4.83 Å². The van der Waals surface area contributed by atoms with Crippen LogP contribution in [0.5, 0.6) is 0 Å². The number of benzene rings is 1. The highest BCUT2D eigenvalue weighted by Gasteiger charge is 2.19. The lowest BCUT2D eigenvalue weighted by Gasteiger charge is -2.19. The van der Waals surface area contributed by atoms with Crippen LogP contribution in [0.25, 0.3) is 0 Å². The highest BCUT2D eigenvalue weighted by molar-refractivity contribution is 7.89. The molecule has 0 atom stereocenters. The first kappa shape index (κ1) is 15.7. The van der Waals surface area contributed by atoms with Gasteiger partial charge in [-0.05, 0) is 39.0 Å². The van der Waals surface area contributed by atoms with E-state index in [0.29, 0.717) is 0 Å². The fraction of sp³-hybridized carbons (Fsp3) is 0.364. The predicted octanol–water partition coefficient (Wildman–Crippen LogP) is 2.06. The molecule has 0 aliphatic carbocycles.